The molecule has 8 nitrogen and oxygen atoms in total. The highest BCUT2D eigenvalue weighted by atomic mass is 16.2. The summed E-state index contributed by atoms with van der Waals surface area (Å²) < 4.78 is 0. The number of hydrogen-bond donors (Lipinski definition) is 1. The zero-order valence-electron chi connectivity index (χ0n) is 15.7. The molecule has 1 N–H and O–H groups in total. The maximum atomic E-state index is 12.9. The van der Waals surface area contributed by atoms with E-state index in [4.69, 9.17) is 0 Å². The third kappa shape index (κ3) is 3.54. The maximum Gasteiger partial charge on any atom is 0.262 e. The van der Waals surface area contributed by atoms with E-state index in [2.05, 4.69) is 0 Å². The van der Waals surface area contributed by atoms with E-state index in [9.17, 15) is 24.0 Å². The van der Waals surface area contributed by atoms with Gasteiger partial charge in [-0.25, -0.2) is 0 Å². The Hall–Kier alpha value is -3.03. The van der Waals surface area contributed by atoms with Crippen LogP contribution in [-0.2, 0) is 14.4 Å². The molecule has 1 aromatic carbocycles. The van der Waals surface area contributed by atoms with Gasteiger partial charge in [-0.05, 0) is 37.5 Å². The van der Waals surface area contributed by atoms with Crippen LogP contribution in [0.2, 0.25) is 0 Å². The highest BCUT2D eigenvalue weighted by molar-refractivity contribution is 6.23. The van der Waals surface area contributed by atoms with Crippen LogP contribution in [0.15, 0.2) is 18.2 Å². The number of benzene rings is 1. The molecule has 1 saturated heterocycles. The van der Waals surface area contributed by atoms with Gasteiger partial charge in [0.05, 0.1) is 11.1 Å². The van der Waals surface area contributed by atoms with Crippen LogP contribution in [0, 0.1) is 5.92 Å². The molecule has 8 heteroatoms. The van der Waals surface area contributed by atoms with Crippen LogP contribution in [-0.4, -0.2) is 54.4 Å². The predicted molar refractivity (Wildman–Crippen MR) is 101 cm³/mol. The summed E-state index contributed by atoms with van der Waals surface area (Å²) in [5.41, 5.74) is 1.27. The molecular weight excluding hydrogens is 362 g/mol. The van der Waals surface area contributed by atoms with E-state index in [0.717, 1.165) is 36.3 Å². The molecular formula is C20H23N3O5. The van der Waals surface area contributed by atoms with E-state index in [0.29, 0.717) is 13.0 Å². The Kier molecular flexibility index (Phi) is 5.87. The first-order valence-electron chi connectivity index (χ1n) is 9.48. The largest absolute Gasteiger partial charge is 0.371 e. The first kappa shape index (κ1) is 19.7. The van der Waals surface area contributed by atoms with Crippen molar-refractivity contribution in [2.75, 3.05) is 18.0 Å². The molecule has 2 atom stereocenters. The lowest BCUT2D eigenvalue weighted by Crippen LogP contribution is -2.49. The van der Waals surface area contributed by atoms with E-state index in [1.165, 1.54) is 0 Å². The standard InChI is InChI=1S/C20H23N3O5/c1-2-4-17(18(26)21-12-25)23-19(27)15-7-6-14(9-16(15)20(23)28)22-8-3-5-13(10-22)11-24/h6-7,9,11-13,17H,2-5,8,10H2,1H3,(H,21,25,26). The molecule has 0 aliphatic carbocycles. The third-order valence-electron chi connectivity index (χ3n) is 5.29. The maximum absolute atomic E-state index is 12.9. The van der Waals surface area contributed by atoms with Gasteiger partial charge in [0.2, 0.25) is 12.3 Å². The van der Waals surface area contributed by atoms with E-state index in [1.54, 1.807) is 18.2 Å². The van der Waals surface area contributed by atoms with Crippen molar-refractivity contribution in [1.82, 2.24) is 10.2 Å². The fourth-order valence-electron chi connectivity index (χ4n) is 3.89. The molecule has 2 heterocycles. The number of aldehydes is 1. The van der Waals surface area contributed by atoms with Crippen LogP contribution >= 0.6 is 0 Å². The number of fused-ring (bicyclic) bond motifs is 1. The molecule has 2 unspecified atom stereocenters. The molecule has 4 amide bonds. The minimum absolute atomic E-state index is 0.0446. The Bertz CT molecular complexity index is 822. The number of imide groups is 2. The molecule has 28 heavy (non-hydrogen) atoms. The van der Waals surface area contributed by atoms with Crippen molar-refractivity contribution in [3.63, 3.8) is 0 Å². The molecule has 1 aromatic rings. The normalized spacial score (nSPS) is 20.0. The minimum Gasteiger partial charge on any atom is -0.371 e. The highest BCUT2D eigenvalue weighted by Gasteiger charge is 2.42. The summed E-state index contributed by atoms with van der Waals surface area (Å²) in [4.78, 5) is 62.7. The number of hydrogen-bond acceptors (Lipinski definition) is 6. The van der Waals surface area contributed by atoms with Crippen LogP contribution < -0.4 is 10.2 Å². The van der Waals surface area contributed by atoms with E-state index >= 15 is 0 Å². The topological polar surface area (TPSA) is 104 Å². The van der Waals surface area contributed by atoms with Gasteiger partial charge < -0.3 is 9.69 Å². The van der Waals surface area contributed by atoms with Crippen molar-refractivity contribution >= 4 is 36.1 Å². The lowest BCUT2D eigenvalue weighted by atomic mass is 9.98. The van der Waals surface area contributed by atoms with E-state index in [1.807, 2.05) is 17.1 Å². The molecule has 148 valence electrons. The summed E-state index contributed by atoms with van der Waals surface area (Å²) in [5, 5.41) is 2.04. The molecule has 0 bridgehead atoms. The van der Waals surface area contributed by atoms with Crippen molar-refractivity contribution in [3.05, 3.63) is 29.3 Å². The third-order valence-corrected chi connectivity index (χ3v) is 5.29. The molecule has 0 spiro atoms. The van der Waals surface area contributed by atoms with Gasteiger partial charge in [-0.15, -0.1) is 0 Å². The van der Waals surface area contributed by atoms with Crippen LogP contribution in [0.4, 0.5) is 5.69 Å². The quantitative estimate of drug-likeness (QED) is 0.558. The van der Waals surface area contributed by atoms with Crippen LogP contribution in [0.25, 0.3) is 0 Å². The van der Waals surface area contributed by atoms with Gasteiger partial charge in [-0.3, -0.25) is 29.4 Å². The molecule has 2 aliphatic rings. The van der Waals surface area contributed by atoms with Crippen molar-refractivity contribution < 1.29 is 24.0 Å². The first-order valence-corrected chi connectivity index (χ1v) is 9.48. The zero-order valence-corrected chi connectivity index (χ0v) is 15.7. The Morgan fingerprint density at radius 3 is 2.68 bits per heavy atom. The molecule has 3 rings (SSSR count). The van der Waals surface area contributed by atoms with E-state index in [-0.39, 0.29) is 29.9 Å². The van der Waals surface area contributed by atoms with Crippen molar-refractivity contribution in [1.29, 1.82) is 0 Å². The van der Waals surface area contributed by atoms with Gasteiger partial charge in [0, 0.05) is 24.7 Å². The second-order valence-corrected chi connectivity index (χ2v) is 7.13. The lowest BCUT2D eigenvalue weighted by molar-refractivity contribution is -0.128. The number of amides is 4. The predicted octanol–water partition coefficient (Wildman–Crippen LogP) is 1.14. The van der Waals surface area contributed by atoms with Gasteiger partial charge >= 0.3 is 0 Å². The van der Waals surface area contributed by atoms with Gasteiger partial charge in [0.15, 0.2) is 0 Å². The number of carbonyl (C=O) groups excluding carboxylic acids is 5. The fourth-order valence-corrected chi connectivity index (χ4v) is 3.89. The van der Waals surface area contributed by atoms with Crippen LogP contribution in [0.5, 0.6) is 0 Å². The van der Waals surface area contributed by atoms with Crippen LogP contribution in [0.1, 0.15) is 53.3 Å². The lowest BCUT2D eigenvalue weighted by Gasteiger charge is -2.32. The van der Waals surface area contributed by atoms with Gasteiger partial charge in [0.1, 0.15) is 12.3 Å². The summed E-state index contributed by atoms with van der Waals surface area (Å²) in [7, 11) is 0. The summed E-state index contributed by atoms with van der Waals surface area (Å²) >= 11 is 0. The average molecular weight is 385 g/mol. The molecule has 2 aliphatic heterocycles. The average Bonchev–Trinajstić information content (AvgIpc) is 2.96. The monoisotopic (exact) mass is 385 g/mol. The van der Waals surface area contributed by atoms with Crippen molar-refractivity contribution in [2.45, 2.75) is 38.6 Å². The molecule has 1 fully saturated rings. The number of carbonyl (C=O) groups is 5. The second kappa shape index (κ2) is 8.33. The molecule has 0 aromatic heterocycles. The number of rotatable bonds is 7. The van der Waals surface area contributed by atoms with Crippen molar-refractivity contribution in [2.24, 2.45) is 5.92 Å². The number of piperidine rings is 1. The smallest absolute Gasteiger partial charge is 0.262 e. The fraction of sp³-hybridized carbons (Fsp3) is 0.450. The Morgan fingerprint density at radius 1 is 1.25 bits per heavy atom. The Labute approximate surface area is 162 Å². The minimum atomic E-state index is -1.03. The summed E-state index contributed by atoms with van der Waals surface area (Å²) in [5.74, 6) is -1.78. The highest BCUT2D eigenvalue weighted by Crippen LogP contribution is 2.31. The number of nitrogens with zero attached hydrogens (tertiary/aromatic N) is 2. The molecule has 0 saturated carbocycles. The van der Waals surface area contributed by atoms with Crippen LogP contribution in [0.3, 0.4) is 0 Å². The SMILES string of the molecule is CCCC(C(=O)NC=O)N1C(=O)c2ccc(N3CCCC(C=O)C3)cc2C1=O. The number of anilines is 1. The van der Waals surface area contributed by atoms with Gasteiger partial charge in [-0.2, -0.15) is 0 Å². The number of nitrogens with one attached hydrogen (secondary N) is 1. The Morgan fingerprint density at radius 2 is 2.00 bits per heavy atom. The van der Waals surface area contributed by atoms with Crippen molar-refractivity contribution in [3.8, 4) is 0 Å². The summed E-state index contributed by atoms with van der Waals surface area (Å²) in [6, 6.07) is 3.99. The van der Waals surface area contributed by atoms with Gasteiger partial charge in [-0.1, -0.05) is 13.3 Å². The first-order chi connectivity index (χ1) is 13.5. The Balaban J connectivity index is 1.89. The van der Waals surface area contributed by atoms with E-state index < -0.39 is 23.8 Å². The van der Waals surface area contributed by atoms with Gasteiger partial charge in [0.25, 0.3) is 11.8 Å². The summed E-state index contributed by atoms with van der Waals surface area (Å²) in [6.07, 6.45) is 3.77. The second-order valence-electron chi connectivity index (χ2n) is 7.13. The molecule has 0 radical (unpaired) electrons. The zero-order chi connectivity index (χ0) is 20.3. The summed E-state index contributed by atoms with van der Waals surface area (Å²) in [6.45, 7) is 3.18.